The number of halogens is 2. The smallest absolute Gasteiger partial charge is 0.256 e. The van der Waals surface area contributed by atoms with Gasteiger partial charge in [0.25, 0.3) is 5.22 Å². The molecule has 0 unspecified atom stereocenters. The monoisotopic (exact) mass is 301 g/mol. The van der Waals surface area contributed by atoms with Crippen LogP contribution in [0.25, 0.3) is 0 Å². The first-order valence-electron chi connectivity index (χ1n) is 5.09. The summed E-state index contributed by atoms with van der Waals surface area (Å²) in [6.45, 7) is 1.82. The summed E-state index contributed by atoms with van der Waals surface area (Å²) >= 11 is 13.0. The van der Waals surface area contributed by atoms with Crippen LogP contribution in [-0.2, 0) is 0 Å². The summed E-state index contributed by atoms with van der Waals surface area (Å²) in [5.74, 6) is 0.138. The van der Waals surface area contributed by atoms with Crippen molar-refractivity contribution in [1.29, 1.82) is 0 Å². The van der Waals surface area contributed by atoms with Gasteiger partial charge >= 0.3 is 0 Å². The average molecular weight is 302 g/mol. The molecule has 2 rings (SSSR count). The summed E-state index contributed by atoms with van der Waals surface area (Å²) in [6.07, 6.45) is 1.54. The summed E-state index contributed by atoms with van der Waals surface area (Å²) in [6, 6.07) is 4.81. The van der Waals surface area contributed by atoms with Gasteiger partial charge < -0.3 is 4.42 Å². The lowest BCUT2D eigenvalue weighted by atomic mass is 10.1. The van der Waals surface area contributed by atoms with Crippen LogP contribution in [0.2, 0.25) is 10.0 Å². The molecule has 18 heavy (non-hydrogen) atoms. The van der Waals surface area contributed by atoms with E-state index in [4.69, 9.17) is 27.6 Å². The minimum absolute atomic E-state index is 0.0856. The fourth-order valence-corrected chi connectivity index (χ4v) is 2.57. The number of hydrogen-bond donors (Lipinski definition) is 0. The minimum Gasteiger partial charge on any atom is -0.440 e. The Balaban J connectivity index is 2.03. The van der Waals surface area contributed by atoms with Gasteiger partial charge in [-0.25, -0.2) is 4.98 Å². The Labute approximate surface area is 118 Å². The zero-order valence-corrected chi connectivity index (χ0v) is 11.8. The van der Waals surface area contributed by atoms with Gasteiger partial charge in [-0.2, -0.15) is 0 Å². The van der Waals surface area contributed by atoms with Gasteiger partial charge in [-0.15, -0.1) is 0 Å². The second-order valence-electron chi connectivity index (χ2n) is 3.59. The molecule has 0 aliphatic carbocycles. The Hall–Kier alpha value is -0.970. The van der Waals surface area contributed by atoms with Crippen LogP contribution in [0.4, 0.5) is 0 Å². The Morgan fingerprint density at radius 1 is 1.44 bits per heavy atom. The van der Waals surface area contributed by atoms with E-state index in [1.165, 1.54) is 11.8 Å². The van der Waals surface area contributed by atoms with Crippen molar-refractivity contribution in [2.75, 3.05) is 5.75 Å². The maximum atomic E-state index is 11.9. The molecular weight excluding hydrogens is 293 g/mol. The molecule has 0 radical (unpaired) electrons. The fourth-order valence-electron chi connectivity index (χ4n) is 1.32. The van der Waals surface area contributed by atoms with E-state index in [0.717, 1.165) is 5.69 Å². The summed E-state index contributed by atoms with van der Waals surface area (Å²) in [4.78, 5) is 16.0. The zero-order chi connectivity index (χ0) is 13.1. The number of aromatic nitrogens is 1. The van der Waals surface area contributed by atoms with Crippen molar-refractivity contribution in [2.24, 2.45) is 0 Å². The van der Waals surface area contributed by atoms with E-state index < -0.39 is 0 Å². The molecule has 94 valence electrons. The molecule has 3 nitrogen and oxygen atoms in total. The Bertz CT molecular complexity index is 583. The predicted octanol–water partition coefficient (Wildman–Crippen LogP) is 4.26. The molecule has 0 aliphatic rings. The molecule has 0 fully saturated rings. The highest BCUT2D eigenvalue weighted by atomic mass is 35.5. The number of nitrogens with zero attached hydrogens (tertiary/aromatic N) is 1. The topological polar surface area (TPSA) is 43.1 Å². The van der Waals surface area contributed by atoms with Crippen LogP contribution in [0.15, 0.2) is 34.1 Å². The van der Waals surface area contributed by atoms with E-state index in [-0.39, 0.29) is 11.5 Å². The van der Waals surface area contributed by atoms with Crippen LogP contribution in [0.3, 0.4) is 0 Å². The van der Waals surface area contributed by atoms with E-state index in [0.29, 0.717) is 20.8 Å². The lowest BCUT2D eigenvalue weighted by Crippen LogP contribution is -2.03. The van der Waals surface area contributed by atoms with E-state index in [1.54, 1.807) is 24.5 Å². The molecule has 0 saturated heterocycles. The number of benzene rings is 1. The third kappa shape index (κ3) is 3.28. The second-order valence-corrected chi connectivity index (χ2v) is 5.36. The standard InChI is InChI=1S/C12H9Cl2NO2S/c1-7-5-17-12(15-7)18-6-11(16)9-3-2-8(13)4-10(9)14/h2-5H,6H2,1H3. The molecule has 1 aromatic heterocycles. The number of carbonyl (C=O) groups excluding carboxylic acids is 1. The van der Waals surface area contributed by atoms with Gasteiger partial charge in [0.1, 0.15) is 6.26 Å². The SMILES string of the molecule is Cc1coc(SCC(=O)c2ccc(Cl)cc2Cl)n1. The van der Waals surface area contributed by atoms with Crippen LogP contribution >= 0.6 is 35.0 Å². The van der Waals surface area contributed by atoms with Gasteiger partial charge in [-0.1, -0.05) is 35.0 Å². The first-order chi connectivity index (χ1) is 8.56. The molecule has 0 bridgehead atoms. The lowest BCUT2D eigenvalue weighted by molar-refractivity contribution is 0.102. The molecule has 0 N–H and O–H groups in total. The van der Waals surface area contributed by atoms with Crippen molar-refractivity contribution in [3.63, 3.8) is 0 Å². The van der Waals surface area contributed by atoms with E-state index >= 15 is 0 Å². The quantitative estimate of drug-likeness (QED) is 0.625. The number of aryl methyl sites for hydroxylation is 1. The summed E-state index contributed by atoms with van der Waals surface area (Å²) in [5.41, 5.74) is 1.24. The van der Waals surface area contributed by atoms with Crippen LogP contribution in [-0.4, -0.2) is 16.5 Å². The first kappa shape index (κ1) is 13.5. The van der Waals surface area contributed by atoms with Gasteiger partial charge in [0.2, 0.25) is 0 Å². The van der Waals surface area contributed by atoms with Crippen LogP contribution in [0.5, 0.6) is 0 Å². The molecule has 0 amide bonds. The van der Waals surface area contributed by atoms with Crippen molar-refractivity contribution in [1.82, 2.24) is 4.98 Å². The molecular formula is C12H9Cl2NO2S. The molecule has 0 spiro atoms. The largest absolute Gasteiger partial charge is 0.440 e. The van der Waals surface area contributed by atoms with E-state index in [2.05, 4.69) is 4.98 Å². The Kier molecular flexibility index (Phi) is 4.32. The van der Waals surface area contributed by atoms with Crippen LogP contribution in [0.1, 0.15) is 16.1 Å². The number of ketones is 1. The fraction of sp³-hybridized carbons (Fsp3) is 0.167. The number of oxazole rings is 1. The molecule has 2 aromatic rings. The average Bonchev–Trinajstić information content (AvgIpc) is 2.72. The highest BCUT2D eigenvalue weighted by molar-refractivity contribution is 7.99. The third-order valence-corrected chi connectivity index (χ3v) is 3.55. The highest BCUT2D eigenvalue weighted by Crippen LogP contribution is 2.24. The minimum atomic E-state index is -0.0856. The molecule has 1 aromatic carbocycles. The zero-order valence-electron chi connectivity index (χ0n) is 9.44. The maximum Gasteiger partial charge on any atom is 0.256 e. The maximum absolute atomic E-state index is 11.9. The van der Waals surface area contributed by atoms with Gasteiger partial charge in [-0.05, 0) is 25.1 Å². The van der Waals surface area contributed by atoms with Gasteiger partial charge in [0.05, 0.1) is 16.5 Å². The van der Waals surface area contributed by atoms with Crippen molar-refractivity contribution < 1.29 is 9.21 Å². The van der Waals surface area contributed by atoms with E-state index in [1.807, 2.05) is 6.92 Å². The lowest BCUT2D eigenvalue weighted by Gasteiger charge is -2.02. The molecule has 1 heterocycles. The van der Waals surface area contributed by atoms with Crippen molar-refractivity contribution in [3.8, 4) is 0 Å². The first-order valence-corrected chi connectivity index (χ1v) is 6.83. The van der Waals surface area contributed by atoms with E-state index in [9.17, 15) is 4.79 Å². The van der Waals surface area contributed by atoms with Crippen molar-refractivity contribution in [3.05, 3.63) is 45.8 Å². The predicted molar refractivity (Wildman–Crippen MR) is 72.8 cm³/mol. The van der Waals surface area contributed by atoms with Crippen molar-refractivity contribution >= 4 is 40.7 Å². The molecule has 0 saturated carbocycles. The second kappa shape index (κ2) is 5.78. The van der Waals surface area contributed by atoms with Gasteiger partial charge in [-0.3, -0.25) is 4.79 Å². The Morgan fingerprint density at radius 3 is 2.83 bits per heavy atom. The number of thioether (sulfide) groups is 1. The number of hydrogen-bond acceptors (Lipinski definition) is 4. The normalized spacial score (nSPS) is 10.6. The molecule has 6 heteroatoms. The van der Waals surface area contributed by atoms with Crippen LogP contribution in [0, 0.1) is 6.92 Å². The Morgan fingerprint density at radius 2 is 2.22 bits per heavy atom. The van der Waals surface area contributed by atoms with Crippen molar-refractivity contribution in [2.45, 2.75) is 12.1 Å². The molecule has 0 atom stereocenters. The number of carbonyl (C=O) groups is 1. The molecule has 0 aliphatic heterocycles. The third-order valence-electron chi connectivity index (χ3n) is 2.16. The summed E-state index contributed by atoms with van der Waals surface area (Å²) in [7, 11) is 0. The van der Waals surface area contributed by atoms with Gasteiger partial charge in [0.15, 0.2) is 5.78 Å². The summed E-state index contributed by atoms with van der Waals surface area (Å²) < 4.78 is 5.15. The number of Topliss-reactive ketones (excluding diaryl/α,β-unsaturated/α-hetero) is 1. The number of rotatable bonds is 4. The summed E-state index contributed by atoms with van der Waals surface area (Å²) in [5, 5.41) is 1.34. The van der Waals surface area contributed by atoms with Gasteiger partial charge in [0, 0.05) is 10.6 Å². The van der Waals surface area contributed by atoms with Crippen LogP contribution < -0.4 is 0 Å². The highest BCUT2D eigenvalue weighted by Gasteiger charge is 2.12.